The maximum atomic E-state index is 12.6. The van der Waals surface area contributed by atoms with Crippen LogP contribution in [0.2, 0.25) is 0 Å². The molecule has 1 amide bonds. The van der Waals surface area contributed by atoms with Crippen LogP contribution in [0.25, 0.3) is 0 Å². The monoisotopic (exact) mass is 367 g/mol. The molecule has 6 heteroatoms. The van der Waals surface area contributed by atoms with Crippen molar-refractivity contribution in [2.75, 3.05) is 6.61 Å². The highest BCUT2D eigenvalue weighted by molar-refractivity contribution is 6.01. The first-order chi connectivity index (χ1) is 12.9. The first-order valence-electron chi connectivity index (χ1n) is 8.82. The van der Waals surface area contributed by atoms with E-state index in [1.165, 1.54) is 35.4 Å². The van der Waals surface area contributed by atoms with Gasteiger partial charge in [0.15, 0.2) is 12.7 Å². The number of ether oxygens (including phenoxy) is 2. The number of carbonyl (C=O) groups is 3. The number of aryl methyl sites for hydroxylation is 2. The first-order valence-corrected chi connectivity index (χ1v) is 8.82. The number of fused-ring (bicyclic) bond motifs is 1. The molecule has 6 nitrogen and oxygen atoms in total. The van der Waals surface area contributed by atoms with Gasteiger partial charge < -0.3 is 15.2 Å². The Bertz CT molecular complexity index is 873. The summed E-state index contributed by atoms with van der Waals surface area (Å²) in [5, 5.41) is 0. The standard InChI is InChI=1S/C21H21NO5/c1-13(20(24)17-6-5-14-3-2-4-16(14)11-17)27-21(25)15-7-9-18(10-8-15)26-12-19(22)23/h5-11,13H,2-4,12H2,1H3,(H2,22,23)/t13-/m0/s1. The van der Waals surface area contributed by atoms with Crippen molar-refractivity contribution < 1.29 is 23.9 Å². The molecule has 2 aromatic rings. The van der Waals surface area contributed by atoms with E-state index in [1.807, 2.05) is 12.1 Å². The number of hydrogen-bond acceptors (Lipinski definition) is 5. The number of primary amides is 1. The Labute approximate surface area is 157 Å². The second kappa shape index (κ2) is 8.03. The lowest BCUT2D eigenvalue weighted by Crippen LogP contribution is -2.24. The predicted octanol–water partition coefficient (Wildman–Crippen LogP) is 2.47. The molecule has 27 heavy (non-hydrogen) atoms. The van der Waals surface area contributed by atoms with Gasteiger partial charge in [-0.2, -0.15) is 0 Å². The van der Waals surface area contributed by atoms with Crippen LogP contribution in [0.1, 0.15) is 45.2 Å². The topological polar surface area (TPSA) is 95.7 Å². The summed E-state index contributed by atoms with van der Waals surface area (Å²) in [4.78, 5) is 35.5. The van der Waals surface area contributed by atoms with Gasteiger partial charge >= 0.3 is 5.97 Å². The molecule has 0 radical (unpaired) electrons. The van der Waals surface area contributed by atoms with Crippen molar-refractivity contribution in [1.82, 2.24) is 0 Å². The number of benzene rings is 2. The van der Waals surface area contributed by atoms with E-state index in [1.54, 1.807) is 13.0 Å². The highest BCUT2D eigenvalue weighted by Crippen LogP contribution is 2.24. The molecule has 3 rings (SSSR count). The second-order valence-corrected chi connectivity index (χ2v) is 6.53. The van der Waals surface area contributed by atoms with Crippen LogP contribution in [-0.2, 0) is 22.4 Å². The quantitative estimate of drug-likeness (QED) is 0.599. The number of esters is 1. The molecule has 0 saturated carbocycles. The zero-order valence-corrected chi connectivity index (χ0v) is 15.1. The molecule has 0 fully saturated rings. The van der Waals surface area contributed by atoms with Crippen LogP contribution < -0.4 is 10.5 Å². The molecular weight excluding hydrogens is 346 g/mol. The SMILES string of the molecule is C[C@H](OC(=O)c1ccc(OCC(N)=O)cc1)C(=O)c1ccc2c(c1)CCC2. The largest absolute Gasteiger partial charge is 0.484 e. The fourth-order valence-corrected chi connectivity index (χ4v) is 3.08. The molecule has 1 atom stereocenters. The summed E-state index contributed by atoms with van der Waals surface area (Å²) in [7, 11) is 0. The van der Waals surface area contributed by atoms with Crippen molar-refractivity contribution in [1.29, 1.82) is 0 Å². The van der Waals surface area contributed by atoms with Crippen LogP contribution in [0.5, 0.6) is 5.75 Å². The average Bonchev–Trinajstić information content (AvgIpc) is 3.13. The minimum absolute atomic E-state index is 0.223. The van der Waals surface area contributed by atoms with Gasteiger partial charge in [0.1, 0.15) is 5.75 Å². The van der Waals surface area contributed by atoms with E-state index < -0.39 is 18.0 Å². The van der Waals surface area contributed by atoms with Gasteiger partial charge in [-0.1, -0.05) is 12.1 Å². The van der Waals surface area contributed by atoms with Crippen LogP contribution in [0.3, 0.4) is 0 Å². The highest BCUT2D eigenvalue weighted by Gasteiger charge is 2.22. The highest BCUT2D eigenvalue weighted by atomic mass is 16.5. The van der Waals surface area contributed by atoms with E-state index in [0.717, 1.165) is 19.3 Å². The number of nitrogens with two attached hydrogens (primary N) is 1. The fraction of sp³-hybridized carbons (Fsp3) is 0.286. The Morgan fingerprint density at radius 3 is 2.37 bits per heavy atom. The third-order valence-corrected chi connectivity index (χ3v) is 4.51. The second-order valence-electron chi connectivity index (χ2n) is 6.53. The Morgan fingerprint density at radius 2 is 1.67 bits per heavy atom. The van der Waals surface area contributed by atoms with Crippen molar-refractivity contribution >= 4 is 17.7 Å². The Hall–Kier alpha value is -3.15. The van der Waals surface area contributed by atoms with E-state index >= 15 is 0 Å². The molecule has 0 aromatic heterocycles. The van der Waals surface area contributed by atoms with Gasteiger partial charge in [-0.05, 0) is 67.6 Å². The molecule has 0 aliphatic heterocycles. The van der Waals surface area contributed by atoms with Crippen molar-refractivity contribution in [2.24, 2.45) is 5.73 Å². The third-order valence-electron chi connectivity index (χ3n) is 4.51. The molecule has 2 aromatic carbocycles. The van der Waals surface area contributed by atoms with Crippen molar-refractivity contribution in [2.45, 2.75) is 32.3 Å². The molecule has 0 unspecified atom stereocenters. The van der Waals surface area contributed by atoms with Crippen LogP contribution in [0.4, 0.5) is 0 Å². The van der Waals surface area contributed by atoms with Crippen molar-refractivity contribution in [3.8, 4) is 5.75 Å². The summed E-state index contributed by atoms with van der Waals surface area (Å²) in [5.41, 5.74) is 8.34. The van der Waals surface area contributed by atoms with E-state index in [0.29, 0.717) is 11.3 Å². The number of carbonyl (C=O) groups excluding carboxylic acids is 3. The zero-order chi connectivity index (χ0) is 19.4. The van der Waals surface area contributed by atoms with Crippen molar-refractivity contribution in [3.63, 3.8) is 0 Å². The normalized spacial score (nSPS) is 13.5. The van der Waals surface area contributed by atoms with Crippen LogP contribution in [0, 0.1) is 0 Å². The van der Waals surface area contributed by atoms with E-state index in [9.17, 15) is 14.4 Å². The number of Topliss-reactive ketones (excluding diaryl/α,β-unsaturated/α-hetero) is 1. The lowest BCUT2D eigenvalue weighted by molar-refractivity contribution is -0.119. The predicted molar refractivity (Wildman–Crippen MR) is 98.8 cm³/mol. The van der Waals surface area contributed by atoms with Gasteiger partial charge in [-0.25, -0.2) is 4.79 Å². The molecule has 0 heterocycles. The average molecular weight is 367 g/mol. The zero-order valence-electron chi connectivity index (χ0n) is 15.1. The molecule has 140 valence electrons. The van der Waals surface area contributed by atoms with E-state index in [-0.39, 0.29) is 18.0 Å². The summed E-state index contributed by atoms with van der Waals surface area (Å²) in [6.45, 7) is 1.33. The van der Waals surface area contributed by atoms with Gasteiger partial charge in [-0.3, -0.25) is 9.59 Å². The third kappa shape index (κ3) is 4.53. The fourth-order valence-electron chi connectivity index (χ4n) is 3.08. The smallest absolute Gasteiger partial charge is 0.338 e. The molecule has 1 aliphatic carbocycles. The lowest BCUT2D eigenvalue weighted by Gasteiger charge is -2.13. The number of hydrogen-bond donors (Lipinski definition) is 1. The Morgan fingerprint density at radius 1 is 1.00 bits per heavy atom. The minimum Gasteiger partial charge on any atom is -0.484 e. The van der Waals surface area contributed by atoms with Crippen LogP contribution in [0.15, 0.2) is 42.5 Å². The summed E-state index contributed by atoms with van der Waals surface area (Å²) < 4.78 is 10.4. The molecule has 0 saturated heterocycles. The van der Waals surface area contributed by atoms with Gasteiger partial charge in [0.25, 0.3) is 5.91 Å². The summed E-state index contributed by atoms with van der Waals surface area (Å²) in [6.07, 6.45) is 2.25. The summed E-state index contributed by atoms with van der Waals surface area (Å²) in [5.74, 6) is -0.997. The van der Waals surface area contributed by atoms with Gasteiger partial charge in [0.05, 0.1) is 5.56 Å². The summed E-state index contributed by atoms with van der Waals surface area (Å²) >= 11 is 0. The maximum Gasteiger partial charge on any atom is 0.338 e. The van der Waals surface area contributed by atoms with E-state index in [4.69, 9.17) is 15.2 Å². The van der Waals surface area contributed by atoms with E-state index in [2.05, 4.69) is 0 Å². The van der Waals surface area contributed by atoms with Gasteiger partial charge in [-0.15, -0.1) is 0 Å². The van der Waals surface area contributed by atoms with Gasteiger partial charge in [0.2, 0.25) is 5.78 Å². The summed E-state index contributed by atoms with van der Waals surface area (Å²) in [6, 6.07) is 11.8. The van der Waals surface area contributed by atoms with Gasteiger partial charge in [0, 0.05) is 5.56 Å². The number of amides is 1. The first kappa shape index (κ1) is 18.6. The molecule has 1 aliphatic rings. The molecule has 0 spiro atoms. The number of ketones is 1. The molecule has 2 N–H and O–H groups in total. The Balaban J connectivity index is 1.61. The minimum atomic E-state index is -0.886. The van der Waals surface area contributed by atoms with Crippen LogP contribution in [-0.4, -0.2) is 30.4 Å². The number of rotatable bonds is 7. The molecular formula is C21H21NO5. The molecule has 0 bridgehead atoms. The maximum absolute atomic E-state index is 12.6. The van der Waals surface area contributed by atoms with Crippen LogP contribution >= 0.6 is 0 Å². The Kier molecular flexibility index (Phi) is 5.54. The lowest BCUT2D eigenvalue weighted by atomic mass is 10.0. The van der Waals surface area contributed by atoms with Crippen molar-refractivity contribution in [3.05, 3.63) is 64.7 Å².